The fourth-order valence-electron chi connectivity index (χ4n) is 2.84. The van der Waals surface area contributed by atoms with E-state index in [-0.39, 0.29) is 12.4 Å². The number of hydrogen-bond acceptors (Lipinski definition) is 5. The van der Waals surface area contributed by atoms with Crippen LogP contribution in [-0.4, -0.2) is 36.8 Å². The van der Waals surface area contributed by atoms with E-state index in [1.54, 1.807) is 27.2 Å². The Bertz CT molecular complexity index is 919. The van der Waals surface area contributed by atoms with Gasteiger partial charge in [-0.3, -0.25) is 4.79 Å². The number of aromatic nitrogens is 2. The highest BCUT2D eigenvalue weighted by atomic mass is 16.5. The van der Waals surface area contributed by atoms with Crippen LogP contribution in [0, 0.1) is 0 Å². The second-order valence-corrected chi connectivity index (χ2v) is 5.83. The molecule has 1 N–H and O–H groups in total. The molecule has 27 heavy (non-hydrogen) atoms. The van der Waals surface area contributed by atoms with Crippen LogP contribution in [0.2, 0.25) is 0 Å². The van der Waals surface area contributed by atoms with Crippen LogP contribution in [0.5, 0.6) is 11.5 Å². The maximum Gasteiger partial charge on any atom is 0.311 e. The average Bonchev–Trinajstić information content (AvgIpc) is 3.11. The van der Waals surface area contributed by atoms with Crippen molar-refractivity contribution < 1.29 is 19.0 Å². The van der Waals surface area contributed by atoms with Crippen molar-refractivity contribution in [3.05, 3.63) is 54.2 Å². The second kappa shape index (κ2) is 8.40. The Balaban J connectivity index is 2.10. The van der Waals surface area contributed by atoms with Gasteiger partial charge >= 0.3 is 5.97 Å². The largest absolute Gasteiger partial charge is 0.497 e. The third-order valence-corrected chi connectivity index (χ3v) is 4.12. The number of rotatable bonds is 7. The molecule has 3 rings (SSSR count). The molecule has 0 radical (unpaired) electrons. The molecular formula is C21H22N2O4. The topological polar surface area (TPSA) is 73.4 Å². The van der Waals surface area contributed by atoms with Gasteiger partial charge in [-0.25, -0.2) is 4.98 Å². The molecule has 0 aliphatic rings. The quantitative estimate of drug-likeness (QED) is 0.643. The van der Waals surface area contributed by atoms with Crippen molar-refractivity contribution in [3.8, 4) is 34.1 Å². The zero-order valence-electron chi connectivity index (χ0n) is 15.6. The van der Waals surface area contributed by atoms with Crippen molar-refractivity contribution in [2.24, 2.45) is 0 Å². The number of nitrogens with one attached hydrogen (secondary N) is 1. The van der Waals surface area contributed by atoms with Crippen LogP contribution >= 0.6 is 0 Å². The Hall–Kier alpha value is -3.28. The van der Waals surface area contributed by atoms with Crippen LogP contribution in [-0.2, 0) is 16.0 Å². The van der Waals surface area contributed by atoms with Gasteiger partial charge in [0.1, 0.15) is 17.3 Å². The van der Waals surface area contributed by atoms with Crippen molar-refractivity contribution >= 4 is 5.97 Å². The first-order valence-electron chi connectivity index (χ1n) is 8.68. The Labute approximate surface area is 158 Å². The SMILES string of the molecule is CCOC(=O)Cc1[nH]c(-c2ccccc2)nc1-c1ccc(OC)cc1OC. The van der Waals surface area contributed by atoms with Gasteiger partial charge in [-0.2, -0.15) is 0 Å². The number of esters is 1. The summed E-state index contributed by atoms with van der Waals surface area (Å²) in [5.41, 5.74) is 3.04. The van der Waals surface area contributed by atoms with Crippen LogP contribution in [0.1, 0.15) is 12.6 Å². The van der Waals surface area contributed by atoms with Gasteiger partial charge in [-0.05, 0) is 19.1 Å². The molecule has 0 spiro atoms. The summed E-state index contributed by atoms with van der Waals surface area (Å²) in [5.74, 6) is 1.67. The number of nitrogens with zero attached hydrogens (tertiary/aromatic N) is 1. The van der Waals surface area contributed by atoms with Crippen molar-refractivity contribution in [1.82, 2.24) is 9.97 Å². The van der Waals surface area contributed by atoms with Crippen LogP contribution in [0.4, 0.5) is 0 Å². The fourth-order valence-corrected chi connectivity index (χ4v) is 2.84. The minimum absolute atomic E-state index is 0.0954. The number of benzene rings is 2. The van der Waals surface area contributed by atoms with Gasteiger partial charge in [0.05, 0.1) is 38.6 Å². The smallest absolute Gasteiger partial charge is 0.311 e. The Kier molecular flexibility index (Phi) is 5.76. The van der Waals surface area contributed by atoms with Crippen molar-refractivity contribution in [2.75, 3.05) is 20.8 Å². The third kappa shape index (κ3) is 4.11. The summed E-state index contributed by atoms with van der Waals surface area (Å²) in [6.07, 6.45) is 0.0954. The molecule has 0 aliphatic heterocycles. The Morgan fingerprint density at radius 3 is 2.52 bits per heavy atom. The first-order valence-corrected chi connectivity index (χ1v) is 8.68. The number of hydrogen-bond donors (Lipinski definition) is 1. The molecule has 0 fully saturated rings. The van der Waals surface area contributed by atoms with Crippen LogP contribution in [0.25, 0.3) is 22.6 Å². The molecule has 2 aromatic carbocycles. The fraction of sp³-hybridized carbons (Fsp3) is 0.238. The first-order chi connectivity index (χ1) is 13.2. The zero-order valence-corrected chi connectivity index (χ0v) is 15.6. The summed E-state index contributed by atoms with van der Waals surface area (Å²) in [7, 11) is 3.19. The average molecular weight is 366 g/mol. The lowest BCUT2D eigenvalue weighted by molar-refractivity contribution is -0.142. The molecule has 0 bridgehead atoms. The molecular weight excluding hydrogens is 344 g/mol. The maximum atomic E-state index is 12.1. The van der Waals surface area contributed by atoms with Gasteiger partial charge in [0.2, 0.25) is 0 Å². The molecule has 0 atom stereocenters. The monoisotopic (exact) mass is 366 g/mol. The normalized spacial score (nSPS) is 10.5. The van der Waals surface area contributed by atoms with E-state index in [1.807, 2.05) is 42.5 Å². The lowest BCUT2D eigenvalue weighted by atomic mass is 10.1. The molecule has 140 valence electrons. The van der Waals surface area contributed by atoms with Crippen LogP contribution < -0.4 is 9.47 Å². The summed E-state index contributed by atoms with van der Waals surface area (Å²) in [4.78, 5) is 20.1. The van der Waals surface area contributed by atoms with Crippen molar-refractivity contribution in [2.45, 2.75) is 13.3 Å². The van der Waals surface area contributed by atoms with E-state index in [0.29, 0.717) is 35.3 Å². The van der Waals surface area contributed by atoms with E-state index >= 15 is 0 Å². The number of methoxy groups -OCH3 is 2. The summed E-state index contributed by atoms with van der Waals surface area (Å²) >= 11 is 0. The number of imidazole rings is 1. The predicted molar refractivity (Wildman–Crippen MR) is 103 cm³/mol. The minimum Gasteiger partial charge on any atom is -0.497 e. The Morgan fingerprint density at radius 2 is 1.85 bits per heavy atom. The van der Waals surface area contributed by atoms with E-state index in [4.69, 9.17) is 19.2 Å². The highest BCUT2D eigenvalue weighted by Crippen LogP contribution is 2.35. The lowest BCUT2D eigenvalue weighted by Gasteiger charge is -2.10. The zero-order chi connectivity index (χ0) is 19.2. The molecule has 6 nitrogen and oxygen atoms in total. The minimum atomic E-state index is -0.311. The van der Waals surface area contributed by atoms with E-state index in [1.165, 1.54) is 0 Å². The highest BCUT2D eigenvalue weighted by molar-refractivity contribution is 5.79. The standard InChI is InChI=1S/C21H22N2O4/c1-4-27-19(24)13-17-20(16-11-10-15(25-2)12-18(16)26-3)23-21(22-17)14-8-6-5-7-9-14/h5-12H,4,13H2,1-3H3,(H,22,23). The van der Waals surface area contributed by atoms with Crippen molar-refractivity contribution in [3.63, 3.8) is 0 Å². The molecule has 0 saturated heterocycles. The molecule has 0 aliphatic carbocycles. The van der Waals surface area contributed by atoms with Gasteiger partial charge < -0.3 is 19.2 Å². The van der Waals surface area contributed by atoms with Gasteiger partial charge in [0.25, 0.3) is 0 Å². The highest BCUT2D eigenvalue weighted by Gasteiger charge is 2.20. The van der Waals surface area contributed by atoms with E-state index in [9.17, 15) is 4.79 Å². The van der Waals surface area contributed by atoms with Crippen LogP contribution in [0.3, 0.4) is 0 Å². The number of ether oxygens (including phenoxy) is 3. The molecule has 0 saturated carbocycles. The molecule has 3 aromatic rings. The van der Waals surface area contributed by atoms with E-state index in [0.717, 1.165) is 11.1 Å². The van der Waals surface area contributed by atoms with Gasteiger partial charge in [-0.15, -0.1) is 0 Å². The first kappa shape index (κ1) is 18.5. The number of carbonyl (C=O) groups excluding carboxylic acids is 1. The van der Waals surface area contributed by atoms with E-state index < -0.39 is 0 Å². The summed E-state index contributed by atoms with van der Waals surface area (Å²) in [5, 5.41) is 0. The summed E-state index contributed by atoms with van der Waals surface area (Å²) in [6.45, 7) is 2.12. The summed E-state index contributed by atoms with van der Waals surface area (Å²) < 4.78 is 15.9. The predicted octanol–water partition coefficient (Wildman–Crippen LogP) is 3.87. The number of carbonyl (C=O) groups is 1. The third-order valence-electron chi connectivity index (χ3n) is 4.12. The van der Waals surface area contributed by atoms with Gasteiger partial charge in [0.15, 0.2) is 0 Å². The lowest BCUT2D eigenvalue weighted by Crippen LogP contribution is -2.08. The second-order valence-electron chi connectivity index (χ2n) is 5.83. The van der Waals surface area contributed by atoms with Crippen LogP contribution in [0.15, 0.2) is 48.5 Å². The van der Waals surface area contributed by atoms with Gasteiger partial charge in [-0.1, -0.05) is 30.3 Å². The molecule has 0 amide bonds. The molecule has 0 unspecified atom stereocenters. The van der Waals surface area contributed by atoms with Gasteiger partial charge in [0, 0.05) is 17.2 Å². The van der Waals surface area contributed by atoms with E-state index in [2.05, 4.69) is 4.98 Å². The Morgan fingerprint density at radius 1 is 1.07 bits per heavy atom. The molecule has 1 heterocycles. The number of aromatic amines is 1. The summed E-state index contributed by atoms with van der Waals surface area (Å²) in [6, 6.07) is 15.2. The van der Waals surface area contributed by atoms with Crippen molar-refractivity contribution in [1.29, 1.82) is 0 Å². The maximum absolute atomic E-state index is 12.1. The number of H-pyrrole nitrogens is 1. The molecule has 1 aromatic heterocycles. The molecule has 6 heteroatoms.